The Kier molecular flexibility index (Phi) is 6.43. The SMILES string of the molecule is O=C(c1ccc(S(=O)(=O)N2CCCc3ccccc32)cc1)N(Cc1ccccc1)c1nc2ccccc2s1. The fraction of sp³-hybridized carbons (Fsp3) is 0.133. The predicted octanol–water partition coefficient (Wildman–Crippen LogP) is 6.28. The Bertz CT molecular complexity index is 1680. The van der Waals surface area contributed by atoms with Gasteiger partial charge in [0.1, 0.15) is 0 Å². The Morgan fingerprint density at radius 2 is 1.58 bits per heavy atom. The second-order valence-electron chi connectivity index (χ2n) is 9.17. The number of para-hydroxylation sites is 2. The third-order valence-electron chi connectivity index (χ3n) is 6.70. The summed E-state index contributed by atoms with van der Waals surface area (Å²) in [6, 6.07) is 31.4. The molecule has 0 bridgehead atoms. The van der Waals surface area contributed by atoms with Crippen LogP contribution in [-0.2, 0) is 23.0 Å². The predicted molar refractivity (Wildman–Crippen MR) is 152 cm³/mol. The molecule has 0 aliphatic carbocycles. The molecule has 0 atom stereocenters. The zero-order valence-corrected chi connectivity index (χ0v) is 22.2. The van der Waals surface area contributed by atoms with Crippen LogP contribution in [0, 0.1) is 0 Å². The summed E-state index contributed by atoms with van der Waals surface area (Å²) in [6.45, 7) is 0.784. The van der Waals surface area contributed by atoms with E-state index in [0.29, 0.717) is 23.8 Å². The first kappa shape index (κ1) is 24.3. The highest BCUT2D eigenvalue weighted by Crippen LogP contribution is 2.33. The van der Waals surface area contributed by atoms with Crippen LogP contribution >= 0.6 is 11.3 Å². The first-order chi connectivity index (χ1) is 18.5. The van der Waals surface area contributed by atoms with Crippen molar-refractivity contribution < 1.29 is 13.2 Å². The Hall–Kier alpha value is -4.01. The van der Waals surface area contributed by atoms with E-state index in [1.54, 1.807) is 17.0 Å². The van der Waals surface area contributed by atoms with Crippen molar-refractivity contribution in [2.75, 3.05) is 15.7 Å². The number of thiazole rings is 1. The molecule has 0 radical (unpaired) electrons. The van der Waals surface area contributed by atoms with E-state index in [1.807, 2.05) is 78.9 Å². The quantitative estimate of drug-likeness (QED) is 0.254. The molecule has 190 valence electrons. The van der Waals surface area contributed by atoms with Gasteiger partial charge in [-0.3, -0.25) is 14.0 Å². The molecule has 2 heterocycles. The Morgan fingerprint density at radius 3 is 2.37 bits per heavy atom. The molecule has 1 aliphatic rings. The summed E-state index contributed by atoms with van der Waals surface area (Å²) in [7, 11) is -3.76. The lowest BCUT2D eigenvalue weighted by atomic mass is 10.0. The smallest absolute Gasteiger partial charge is 0.264 e. The highest BCUT2D eigenvalue weighted by atomic mass is 32.2. The summed E-state index contributed by atoms with van der Waals surface area (Å²) < 4.78 is 29.6. The molecule has 1 aromatic heterocycles. The van der Waals surface area contributed by atoms with E-state index in [-0.39, 0.29) is 10.8 Å². The monoisotopic (exact) mass is 539 g/mol. The number of amides is 1. The average molecular weight is 540 g/mol. The van der Waals surface area contributed by atoms with Crippen LogP contribution in [0.15, 0.2) is 108 Å². The van der Waals surface area contributed by atoms with Crippen LogP contribution in [0.5, 0.6) is 0 Å². The van der Waals surface area contributed by atoms with Gasteiger partial charge in [-0.2, -0.15) is 0 Å². The highest BCUT2D eigenvalue weighted by Gasteiger charge is 2.29. The van der Waals surface area contributed by atoms with Crippen LogP contribution in [0.2, 0.25) is 0 Å². The van der Waals surface area contributed by atoms with E-state index in [2.05, 4.69) is 0 Å². The third-order valence-corrected chi connectivity index (χ3v) is 9.59. The van der Waals surface area contributed by atoms with Crippen LogP contribution < -0.4 is 9.21 Å². The number of fused-ring (bicyclic) bond motifs is 2. The van der Waals surface area contributed by atoms with Crippen LogP contribution in [-0.4, -0.2) is 25.9 Å². The van der Waals surface area contributed by atoms with Crippen molar-refractivity contribution in [2.45, 2.75) is 24.3 Å². The fourth-order valence-electron chi connectivity index (χ4n) is 4.77. The number of aromatic nitrogens is 1. The van der Waals surface area contributed by atoms with Crippen LogP contribution in [0.3, 0.4) is 0 Å². The van der Waals surface area contributed by atoms with E-state index in [4.69, 9.17) is 4.98 Å². The van der Waals surface area contributed by atoms with Crippen molar-refractivity contribution >= 4 is 48.3 Å². The summed E-state index contributed by atoms with van der Waals surface area (Å²) in [4.78, 5) is 20.3. The number of carbonyl (C=O) groups is 1. The van der Waals surface area contributed by atoms with E-state index < -0.39 is 10.0 Å². The second-order valence-corrected chi connectivity index (χ2v) is 12.0. The molecule has 1 aliphatic heterocycles. The molecule has 0 saturated carbocycles. The minimum absolute atomic E-state index is 0.167. The standard InChI is InChI=1S/C30H25N3O3S2/c34-29(32(21-22-9-2-1-3-10-22)30-31-26-13-5-7-15-28(26)37-30)24-16-18-25(19-17-24)38(35,36)33-20-8-12-23-11-4-6-14-27(23)33/h1-7,9-11,13-19H,8,12,20-21H2. The van der Waals surface area contributed by atoms with Gasteiger partial charge < -0.3 is 0 Å². The molecule has 38 heavy (non-hydrogen) atoms. The van der Waals surface area contributed by atoms with Gasteiger partial charge in [0.2, 0.25) is 0 Å². The third kappa shape index (κ3) is 4.57. The largest absolute Gasteiger partial charge is 0.279 e. The number of sulfonamides is 1. The van der Waals surface area contributed by atoms with Crippen LogP contribution in [0.4, 0.5) is 10.8 Å². The molecule has 5 aromatic rings. The Morgan fingerprint density at radius 1 is 0.868 bits per heavy atom. The topological polar surface area (TPSA) is 70.6 Å². The normalized spacial score (nSPS) is 13.3. The molecule has 0 unspecified atom stereocenters. The molecule has 0 N–H and O–H groups in total. The Labute approximate surface area is 225 Å². The molecule has 4 aromatic carbocycles. The summed E-state index contributed by atoms with van der Waals surface area (Å²) in [6.07, 6.45) is 1.63. The van der Waals surface area contributed by atoms with Gasteiger partial charge in [-0.15, -0.1) is 0 Å². The van der Waals surface area contributed by atoms with Crippen molar-refractivity contribution in [1.29, 1.82) is 0 Å². The maximum atomic E-state index is 13.8. The zero-order chi connectivity index (χ0) is 26.1. The number of rotatable bonds is 6. The molecule has 8 heteroatoms. The lowest BCUT2D eigenvalue weighted by Gasteiger charge is -2.30. The number of hydrogen-bond acceptors (Lipinski definition) is 5. The summed E-state index contributed by atoms with van der Waals surface area (Å²) in [5.41, 5.74) is 3.97. The number of nitrogens with zero attached hydrogens (tertiary/aromatic N) is 3. The van der Waals surface area contributed by atoms with Gasteiger partial charge in [0.25, 0.3) is 15.9 Å². The number of aryl methyl sites for hydroxylation is 1. The second kappa shape index (κ2) is 10.0. The van der Waals surface area contributed by atoms with Crippen LogP contribution in [0.25, 0.3) is 10.2 Å². The maximum Gasteiger partial charge on any atom is 0.264 e. The van der Waals surface area contributed by atoms with Crippen molar-refractivity contribution in [3.63, 3.8) is 0 Å². The van der Waals surface area contributed by atoms with E-state index in [0.717, 1.165) is 39.9 Å². The molecule has 6 nitrogen and oxygen atoms in total. The molecular formula is C30H25N3O3S2. The van der Waals surface area contributed by atoms with E-state index in [1.165, 1.54) is 27.8 Å². The van der Waals surface area contributed by atoms with Crippen molar-refractivity contribution in [1.82, 2.24) is 4.98 Å². The van der Waals surface area contributed by atoms with Crippen molar-refractivity contribution in [3.8, 4) is 0 Å². The lowest BCUT2D eigenvalue weighted by Crippen LogP contribution is -2.35. The van der Waals surface area contributed by atoms with Gasteiger partial charge in [0.15, 0.2) is 5.13 Å². The van der Waals surface area contributed by atoms with Crippen molar-refractivity contribution in [3.05, 3.63) is 120 Å². The van der Waals surface area contributed by atoms with E-state index >= 15 is 0 Å². The first-order valence-corrected chi connectivity index (χ1v) is 14.7. The molecule has 1 amide bonds. The number of anilines is 2. The van der Waals surface area contributed by atoms with Gasteiger partial charge in [0.05, 0.1) is 27.3 Å². The minimum atomic E-state index is -3.76. The minimum Gasteiger partial charge on any atom is -0.279 e. The molecule has 0 saturated heterocycles. The van der Waals surface area contributed by atoms with Crippen LogP contribution in [0.1, 0.15) is 27.9 Å². The van der Waals surface area contributed by atoms with Gasteiger partial charge >= 0.3 is 0 Å². The average Bonchev–Trinajstić information content (AvgIpc) is 3.40. The molecule has 6 rings (SSSR count). The molecule has 0 spiro atoms. The first-order valence-electron chi connectivity index (χ1n) is 12.4. The highest BCUT2D eigenvalue weighted by molar-refractivity contribution is 7.92. The lowest BCUT2D eigenvalue weighted by molar-refractivity contribution is 0.0985. The molecule has 0 fully saturated rings. The maximum absolute atomic E-state index is 13.8. The summed E-state index contributed by atoms with van der Waals surface area (Å²) in [5, 5.41) is 0.599. The fourth-order valence-corrected chi connectivity index (χ4v) is 7.27. The van der Waals surface area contributed by atoms with Crippen molar-refractivity contribution in [2.24, 2.45) is 0 Å². The van der Waals surface area contributed by atoms with Gasteiger partial charge in [-0.05, 0) is 66.4 Å². The van der Waals surface area contributed by atoms with Gasteiger partial charge in [0, 0.05) is 12.1 Å². The number of carbonyl (C=O) groups excluding carboxylic acids is 1. The molecular weight excluding hydrogens is 514 g/mol. The summed E-state index contributed by atoms with van der Waals surface area (Å²) in [5.74, 6) is -0.236. The van der Waals surface area contributed by atoms with Gasteiger partial charge in [-0.1, -0.05) is 72.0 Å². The number of benzene rings is 4. The summed E-state index contributed by atoms with van der Waals surface area (Å²) >= 11 is 1.46. The van der Waals surface area contributed by atoms with E-state index in [9.17, 15) is 13.2 Å². The Balaban J connectivity index is 1.32. The number of hydrogen-bond donors (Lipinski definition) is 0. The van der Waals surface area contributed by atoms with Gasteiger partial charge in [-0.25, -0.2) is 13.4 Å². The zero-order valence-electron chi connectivity index (χ0n) is 20.5.